The Balaban J connectivity index is 1.19. The predicted molar refractivity (Wildman–Crippen MR) is 198 cm³/mol. The molecular formula is C39H30ClN5O4S. The number of nitrogens with zero attached hydrogens (tertiary/aromatic N) is 5. The first-order valence-corrected chi connectivity index (χ1v) is 16.8. The monoisotopic (exact) mass is 699 g/mol. The second-order valence-corrected chi connectivity index (χ2v) is 12.5. The Kier molecular flexibility index (Phi) is 9.54. The van der Waals surface area contributed by atoms with Crippen LogP contribution in [0.4, 0.5) is 0 Å². The molecule has 3 aromatic heterocycles. The number of thiazole rings is 1. The van der Waals surface area contributed by atoms with Crippen LogP contribution in [0.25, 0.3) is 40.1 Å². The molecule has 0 radical (unpaired) electrons. The number of fused-ring (bicyclic) bond motifs is 1. The van der Waals surface area contributed by atoms with E-state index >= 15 is 0 Å². The summed E-state index contributed by atoms with van der Waals surface area (Å²) in [4.78, 5) is 18.7. The van der Waals surface area contributed by atoms with Crippen LogP contribution in [0.5, 0.6) is 17.2 Å². The maximum absolute atomic E-state index is 13.6. The van der Waals surface area contributed by atoms with E-state index in [-0.39, 0.29) is 5.56 Å². The molecule has 9 nitrogen and oxygen atoms in total. The zero-order chi connectivity index (χ0) is 34.5. The zero-order valence-corrected chi connectivity index (χ0v) is 28.5. The molecule has 0 aliphatic heterocycles. The molecule has 3 heterocycles. The van der Waals surface area contributed by atoms with Crippen LogP contribution in [0, 0.1) is 0 Å². The molecule has 0 fully saturated rings. The number of benzene rings is 4. The van der Waals surface area contributed by atoms with Crippen molar-refractivity contribution in [1.29, 1.82) is 0 Å². The topological polar surface area (TPSA) is 92.8 Å². The summed E-state index contributed by atoms with van der Waals surface area (Å²) in [6.07, 6.45) is 9.04. The largest absolute Gasteiger partial charge is 0.493 e. The number of methoxy groups -OCH3 is 1. The standard InChI is InChI=1S/C39H30ClN5O4S/c1-3-20-48-33-18-14-26(21-34(33)47-2)15-19-36-41-39-45(42-36)38(46)35(50-39)23-29-24-44(31-9-5-4-6-10-31)43-37(29)28-8-7-11-32(22-28)49-25-27-12-16-30(40)17-13-27/h3-19,21-24H,1,20,25H2,2H3/b19-15+,35-23-. The fourth-order valence-corrected chi connectivity index (χ4v) is 6.23. The van der Waals surface area contributed by atoms with Gasteiger partial charge in [-0.3, -0.25) is 4.79 Å². The molecule has 248 valence electrons. The van der Waals surface area contributed by atoms with E-state index in [2.05, 4.69) is 16.7 Å². The fraction of sp³-hybridized carbons (Fsp3) is 0.0769. The molecule has 0 unspecified atom stereocenters. The van der Waals surface area contributed by atoms with Gasteiger partial charge in [0, 0.05) is 22.3 Å². The van der Waals surface area contributed by atoms with Gasteiger partial charge >= 0.3 is 0 Å². The summed E-state index contributed by atoms with van der Waals surface area (Å²) < 4.78 is 20.8. The maximum atomic E-state index is 13.6. The number of hydrogen-bond acceptors (Lipinski definition) is 8. The van der Waals surface area contributed by atoms with Gasteiger partial charge in [0.2, 0.25) is 4.96 Å². The first kappa shape index (κ1) is 32.6. The molecule has 0 amide bonds. The van der Waals surface area contributed by atoms with Crippen molar-refractivity contribution in [1.82, 2.24) is 24.4 Å². The highest BCUT2D eigenvalue weighted by Gasteiger charge is 2.15. The summed E-state index contributed by atoms with van der Waals surface area (Å²) in [5.74, 6) is 2.33. The number of hydrogen-bond donors (Lipinski definition) is 0. The second-order valence-electron chi connectivity index (χ2n) is 11.1. The maximum Gasteiger partial charge on any atom is 0.291 e. The van der Waals surface area contributed by atoms with E-state index in [1.807, 2.05) is 115 Å². The minimum absolute atomic E-state index is 0.263. The molecule has 0 bridgehead atoms. The molecule has 50 heavy (non-hydrogen) atoms. The molecule has 0 N–H and O–H groups in total. The summed E-state index contributed by atoms with van der Waals surface area (Å²) in [6.45, 7) is 4.45. The van der Waals surface area contributed by atoms with Crippen molar-refractivity contribution < 1.29 is 14.2 Å². The van der Waals surface area contributed by atoms with Gasteiger partial charge in [0.05, 0.1) is 17.3 Å². The van der Waals surface area contributed by atoms with Gasteiger partial charge in [-0.15, -0.1) is 5.10 Å². The third-order valence-electron chi connectivity index (χ3n) is 7.64. The van der Waals surface area contributed by atoms with E-state index < -0.39 is 0 Å². The normalized spacial score (nSPS) is 11.8. The molecule has 7 aromatic rings. The van der Waals surface area contributed by atoms with Gasteiger partial charge in [0.15, 0.2) is 17.3 Å². The van der Waals surface area contributed by atoms with Gasteiger partial charge in [-0.25, -0.2) is 4.68 Å². The Labute approximate surface area is 296 Å². The SMILES string of the molecule is C=CCOc1ccc(/C=C/c2nc3s/c(=C\c4cn(-c5ccccc5)nc4-c4cccc(OCc5ccc(Cl)cc5)c4)c(=O)n3n2)cc1OC. The van der Waals surface area contributed by atoms with E-state index in [0.717, 1.165) is 27.9 Å². The van der Waals surface area contributed by atoms with Gasteiger partial charge in [-0.2, -0.15) is 14.6 Å². The molecule has 0 atom stereocenters. The number of halogens is 1. The first-order valence-electron chi connectivity index (χ1n) is 15.6. The number of rotatable bonds is 12. The van der Waals surface area contributed by atoms with Crippen molar-refractivity contribution in [3.05, 3.63) is 158 Å². The average molecular weight is 700 g/mol. The Morgan fingerprint density at radius 3 is 2.52 bits per heavy atom. The molecule has 11 heteroatoms. The number of ether oxygens (including phenoxy) is 3. The molecule has 0 saturated carbocycles. The van der Waals surface area contributed by atoms with Crippen molar-refractivity contribution in [2.75, 3.05) is 13.7 Å². The van der Waals surface area contributed by atoms with Gasteiger partial charge in [-0.1, -0.05) is 90.2 Å². The quantitative estimate of drug-likeness (QED) is 0.122. The highest BCUT2D eigenvalue weighted by atomic mass is 35.5. The highest BCUT2D eigenvalue weighted by Crippen LogP contribution is 2.30. The Hall–Kier alpha value is -5.97. The lowest BCUT2D eigenvalue weighted by molar-refractivity contribution is 0.306. The zero-order valence-electron chi connectivity index (χ0n) is 26.9. The van der Waals surface area contributed by atoms with Crippen LogP contribution in [0.2, 0.25) is 5.02 Å². The number of para-hydroxylation sites is 1. The van der Waals surface area contributed by atoms with Crippen molar-refractivity contribution in [2.24, 2.45) is 0 Å². The summed E-state index contributed by atoms with van der Waals surface area (Å²) >= 11 is 7.30. The smallest absolute Gasteiger partial charge is 0.291 e. The molecule has 0 aliphatic rings. The van der Waals surface area contributed by atoms with Crippen molar-refractivity contribution in [2.45, 2.75) is 6.61 Å². The van der Waals surface area contributed by atoms with Crippen LogP contribution >= 0.6 is 22.9 Å². The Morgan fingerprint density at radius 1 is 0.900 bits per heavy atom. The fourth-order valence-electron chi connectivity index (χ4n) is 5.20. The summed E-state index contributed by atoms with van der Waals surface area (Å²) in [7, 11) is 1.59. The van der Waals surface area contributed by atoms with Gasteiger partial charge in [-0.05, 0) is 71.8 Å². The van der Waals surface area contributed by atoms with Crippen LogP contribution in [-0.2, 0) is 6.61 Å². The van der Waals surface area contributed by atoms with E-state index in [1.54, 1.807) is 23.9 Å². The Morgan fingerprint density at radius 2 is 1.74 bits per heavy atom. The lowest BCUT2D eigenvalue weighted by Gasteiger charge is -2.09. The average Bonchev–Trinajstić information content (AvgIpc) is 3.84. The van der Waals surface area contributed by atoms with Crippen molar-refractivity contribution in [3.8, 4) is 34.2 Å². The van der Waals surface area contributed by atoms with E-state index in [4.69, 9.17) is 30.9 Å². The van der Waals surface area contributed by atoms with Crippen molar-refractivity contribution in [3.63, 3.8) is 0 Å². The lowest BCUT2D eigenvalue weighted by atomic mass is 10.1. The van der Waals surface area contributed by atoms with E-state index in [1.165, 1.54) is 15.9 Å². The van der Waals surface area contributed by atoms with Crippen molar-refractivity contribution >= 4 is 46.1 Å². The molecule has 4 aromatic carbocycles. The molecule has 0 spiro atoms. The van der Waals surface area contributed by atoms with E-state index in [9.17, 15) is 4.79 Å². The predicted octanol–water partition coefficient (Wildman–Crippen LogP) is 7.53. The van der Waals surface area contributed by atoms with Crippen LogP contribution < -0.4 is 24.3 Å². The minimum atomic E-state index is -0.263. The molecular weight excluding hydrogens is 670 g/mol. The van der Waals surface area contributed by atoms with Gasteiger partial charge in [0.25, 0.3) is 5.56 Å². The molecule has 7 rings (SSSR count). The van der Waals surface area contributed by atoms with Crippen LogP contribution in [0.15, 0.2) is 121 Å². The minimum Gasteiger partial charge on any atom is -0.493 e. The second kappa shape index (κ2) is 14.7. The van der Waals surface area contributed by atoms with Crippen LogP contribution in [0.3, 0.4) is 0 Å². The summed E-state index contributed by atoms with van der Waals surface area (Å²) in [6, 6.07) is 30.7. The first-order chi connectivity index (χ1) is 24.5. The van der Waals surface area contributed by atoms with Gasteiger partial charge < -0.3 is 14.2 Å². The molecule has 0 aliphatic carbocycles. The van der Waals surface area contributed by atoms with Crippen LogP contribution in [0.1, 0.15) is 22.5 Å². The lowest BCUT2D eigenvalue weighted by Crippen LogP contribution is -2.23. The van der Waals surface area contributed by atoms with Gasteiger partial charge in [0.1, 0.15) is 24.7 Å². The van der Waals surface area contributed by atoms with E-state index in [0.29, 0.717) is 56.5 Å². The van der Waals surface area contributed by atoms with Crippen LogP contribution in [-0.4, -0.2) is 38.1 Å². The highest BCUT2D eigenvalue weighted by molar-refractivity contribution is 7.15. The summed E-state index contributed by atoms with van der Waals surface area (Å²) in [5.41, 5.74) is 4.80. The Bertz CT molecular complexity index is 2430. The summed E-state index contributed by atoms with van der Waals surface area (Å²) in [5, 5.41) is 10.1. The third kappa shape index (κ3) is 7.21. The number of aromatic nitrogens is 5. The third-order valence-corrected chi connectivity index (χ3v) is 8.85. The molecule has 0 saturated heterocycles.